The number of methoxy groups -OCH3 is 1. The first-order chi connectivity index (χ1) is 17.3. The molecule has 3 aromatic carbocycles. The molecule has 0 fully saturated rings. The Kier molecular flexibility index (Phi) is 7.56. The fraction of sp³-hybridized carbons (Fsp3) is 0.154. The second kappa shape index (κ2) is 10.6. The van der Waals surface area contributed by atoms with Gasteiger partial charge in [0.25, 0.3) is 0 Å². The number of aliphatic hydroxyl groups is 1. The molecule has 0 unspecified atom stereocenters. The van der Waals surface area contributed by atoms with E-state index >= 15 is 0 Å². The molecule has 4 rings (SSSR count). The van der Waals surface area contributed by atoms with Crippen LogP contribution < -0.4 is 10.2 Å². The molecule has 1 aromatic heterocycles. The molecule has 36 heavy (non-hydrogen) atoms. The smallest absolute Gasteiger partial charge is 0.355 e. The molecule has 0 saturated heterocycles. The number of aliphatic hydroxyl groups excluding tert-OH is 1. The number of sulfonamides is 1. The van der Waals surface area contributed by atoms with Crippen molar-refractivity contribution in [2.24, 2.45) is 0 Å². The topological polar surface area (TPSA) is 115 Å². The average molecular weight is 527 g/mol. The first-order valence-corrected chi connectivity index (χ1v) is 12.8. The summed E-state index contributed by atoms with van der Waals surface area (Å²) in [7, 11) is -2.54. The molecule has 0 aliphatic heterocycles. The van der Waals surface area contributed by atoms with E-state index < -0.39 is 16.0 Å². The van der Waals surface area contributed by atoms with E-state index in [9.17, 15) is 18.0 Å². The summed E-state index contributed by atoms with van der Waals surface area (Å²) in [4.78, 5) is 26.7. The zero-order valence-corrected chi connectivity index (χ0v) is 20.8. The second-order valence-electron chi connectivity index (χ2n) is 7.92. The molecule has 0 aliphatic rings. The Morgan fingerprint density at radius 3 is 2.39 bits per heavy atom. The SMILES string of the molecule is COC(=O)c1c(Cc2ccc(S(=O)(=O)NCCO)cc2)c(=O)c2ccc(Cl)cc2n1-c1ccccc1. The van der Waals surface area contributed by atoms with Crippen molar-refractivity contribution in [2.75, 3.05) is 20.3 Å². The van der Waals surface area contributed by atoms with E-state index in [0.29, 0.717) is 27.2 Å². The summed E-state index contributed by atoms with van der Waals surface area (Å²) in [5, 5.41) is 9.67. The van der Waals surface area contributed by atoms with Gasteiger partial charge >= 0.3 is 5.97 Å². The Balaban J connectivity index is 1.92. The predicted molar refractivity (Wildman–Crippen MR) is 137 cm³/mol. The van der Waals surface area contributed by atoms with Crippen LogP contribution >= 0.6 is 11.6 Å². The number of carbonyl (C=O) groups is 1. The maximum Gasteiger partial charge on any atom is 0.355 e. The second-order valence-corrected chi connectivity index (χ2v) is 10.1. The molecule has 0 spiro atoms. The molecule has 8 nitrogen and oxygen atoms in total. The zero-order chi connectivity index (χ0) is 25.9. The number of halogens is 1. The lowest BCUT2D eigenvalue weighted by Crippen LogP contribution is -2.26. The van der Waals surface area contributed by atoms with Gasteiger partial charge in [-0.25, -0.2) is 17.9 Å². The van der Waals surface area contributed by atoms with Gasteiger partial charge in [-0.15, -0.1) is 0 Å². The highest BCUT2D eigenvalue weighted by atomic mass is 35.5. The van der Waals surface area contributed by atoms with Crippen molar-refractivity contribution in [1.82, 2.24) is 9.29 Å². The molecule has 0 atom stereocenters. The van der Waals surface area contributed by atoms with Crippen molar-refractivity contribution < 1.29 is 23.1 Å². The Morgan fingerprint density at radius 2 is 1.75 bits per heavy atom. The van der Waals surface area contributed by atoms with Gasteiger partial charge in [-0.05, 0) is 48.0 Å². The van der Waals surface area contributed by atoms with Gasteiger partial charge in [0.2, 0.25) is 10.0 Å². The van der Waals surface area contributed by atoms with E-state index in [1.807, 2.05) is 18.2 Å². The lowest BCUT2D eigenvalue weighted by molar-refractivity contribution is 0.0590. The molecule has 4 aromatic rings. The molecule has 0 amide bonds. The third-order valence-corrected chi connectivity index (χ3v) is 7.35. The number of ether oxygens (including phenoxy) is 1. The lowest BCUT2D eigenvalue weighted by Gasteiger charge is -2.19. The van der Waals surface area contributed by atoms with Gasteiger partial charge < -0.3 is 14.4 Å². The molecular weight excluding hydrogens is 504 g/mol. The molecule has 0 saturated carbocycles. The minimum absolute atomic E-state index is 0.0164. The molecule has 2 N–H and O–H groups in total. The van der Waals surface area contributed by atoms with E-state index in [1.54, 1.807) is 47.0 Å². The van der Waals surface area contributed by atoms with Crippen LogP contribution in [0.25, 0.3) is 16.6 Å². The van der Waals surface area contributed by atoms with Crippen molar-refractivity contribution in [3.05, 3.63) is 105 Å². The van der Waals surface area contributed by atoms with Gasteiger partial charge in [0.05, 0.1) is 24.1 Å². The summed E-state index contributed by atoms with van der Waals surface area (Å²) >= 11 is 6.25. The molecular formula is C26H23ClN2O6S. The number of fused-ring (bicyclic) bond motifs is 1. The van der Waals surface area contributed by atoms with Crippen LogP contribution in [-0.2, 0) is 21.2 Å². The summed E-state index contributed by atoms with van der Waals surface area (Å²) < 4.78 is 33.7. The number of aromatic nitrogens is 1. The Labute approximate surface area is 212 Å². The highest BCUT2D eigenvalue weighted by molar-refractivity contribution is 7.89. The van der Waals surface area contributed by atoms with Crippen LogP contribution in [0.3, 0.4) is 0 Å². The van der Waals surface area contributed by atoms with Crippen LogP contribution in [0.4, 0.5) is 0 Å². The number of hydrogen-bond acceptors (Lipinski definition) is 6. The number of rotatable bonds is 8. The number of esters is 1. The van der Waals surface area contributed by atoms with E-state index in [0.717, 1.165) is 0 Å². The summed E-state index contributed by atoms with van der Waals surface area (Å²) in [6.45, 7) is -0.429. The third-order valence-electron chi connectivity index (χ3n) is 5.64. The summed E-state index contributed by atoms with van der Waals surface area (Å²) in [6, 6.07) is 19.9. The Hall–Kier alpha value is -3.50. The van der Waals surface area contributed by atoms with Gasteiger partial charge in [-0.1, -0.05) is 41.9 Å². The molecule has 0 radical (unpaired) electrons. The number of para-hydroxylation sites is 1. The number of pyridine rings is 1. The molecule has 10 heteroatoms. The maximum atomic E-state index is 13.6. The number of carbonyl (C=O) groups excluding carboxylic acids is 1. The molecule has 1 heterocycles. The van der Waals surface area contributed by atoms with Crippen LogP contribution in [0, 0.1) is 0 Å². The largest absolute Gasteiger partial charge is 0.464 e. The first kappa shape index (κ1) is 25.6. The maximum absolute atomic E-state index is 13.6. The van der Waals surface area contributed by atoms with Gasteiger partial charge in [-0.3, -0.25) is 4.79 Å². The van der Waals surface area contributed by atoms with E-state index in [4.69, 9.17) is 21.4 Å². The highest BCUT2D eigenvalue weighted by Crippen LogP contribution is 2.26. The zero-order valence-electron chi connectivity index (χ0n) is 19.3. The number of nitrogens with zero attached hydrogens (tertiary/aromatic N) is 1. The molecule has 0 aliphatic carbocycles. The van der Waals surface area contributed by atoms with Crippen molar-refractivity contribution >= 4 is 38.5 Å². The van der Waals surface area contributed by atoms with Crippen LogP contribution in [0.5, 0.6) is 0 Å². The van der Waals surface area contributed by atoms with E-state index in [-0.39, 0.29) is 41.2 Å². The molecule has 0 bridgehead atoms. The highest BCUT2D eigenvalue weighted by Gasteiger charge is 2.24. The first-order valence-electron chi connectivity index (χ1n) is 11.0. The minimum atomic E-state index is -3.78. The van der Waals surface area contributed by atoms with Crippen molar-refractivity contribution in [1.29, 1.82) is 0 Å². The number of nitrogens with one attached hydrogen (secondary N) is 1. The number of hydrogen-bond donors (Lipinski definition) is 2. The van der Waals surface area contributed by atoms with Gasteiger partial charge in [0.15, 0.2) is 5.43 Å². The monoisotopic (exact) mass is 526 g/mol. The number of benzene rings is 3. The fourth-order valence-electron chi connectivity index (χ4n) is 3.98. The summed E-state index contributed by atoms with van der Waals surface area (Å²) in [6.07, 6.45) is 0.0546. The van der Waals surface area contributed by atoms with Crippen LogP contribution in [0.1, 0.15) is 21.6 Å². The average Bonchev–Trinajstić information content (AvgIpc) is 2.89. The van der Waals surface area contributed by atoms with Gasteiger partial charge in [0.1, 0.15) is 5.69 Å². The van der Waals surface area contributed by atoms with Crippen LogP contribution in [0.15, 0.2) is 82.5 Å². The lowest BCUT2D eigenvalue weighted by atomic mass is 9.99. The normalized spacial score (nSPS) is 11.5. The van der Waals surface area contributed by atoms with Crippen molar-refractivity contribution in [3.63, 3.8) is 0 Å². The fourth-order valence-corrected chi connectivity index (χ4v) is 5.17. The van der Waals surface area contributed by atoms with Gasteiger partial charge in [0, 0.05) is 34.6 Å². The summed E-state index contributed by atoms with van der Waals surface area (Å²) in [5.74, 6) is -0.694. The Morgan fingerprint density at radius 1 is 1.06 bits per heavy atom. The predicted octanol–water partition coefficient (Wildman–Crippen LogP) is 3.29. The molecule has 186 valence electrons. The third kappa shape index (κ3) is 5.05. The van der Waals surface area contributed by atoms with Crippen LogP contribution in [-0.4, -0.2) is 44.3 Å². The Bertz CT molecular complexity index is 1580. The standard InChI is InChI=1S/C26H23ClN2O6S/c1-35-26(32)24-22(15-17-7-10-20(11-8-17)36(33,34)28-13-14-30)25(31)21-12-9-18(27)16-23(21)29(24)19-5-3-2-4-6-19/h2-12,16,28,30H,13-15H2,1H3. The summed E-state index contributed by atoms with van der Waals surface area (Å²) in [5.41, 5.74) is 1.63. The van der Waals surface area contributed by atoms with Crippen molar-refractivity contribution in [2.45, 2.75) is 11.3 Å². The van der Waals surface area contributed by atoms with Crippen LogP contribution in [0.2, 0.25) is 5.02 Å². The van der Waals surface area contributed by atoms with Crippen molar-refractivity contribution in [3.8, 4) is 5.69 Å². The van der Waals surface area contributed by atoms with E-state index in [1.165, 1.54) is 19.2 Å². The van der Waals surface area contributed by atoms with Gasteiger partial charge in [-0.2, -0.15) is 0 Å². The minimum Gasteiger partial charge on any atom is -0.464 e. The van der Waals surface area contributed by atoms with E-state index in [2.05, 4.69) is 4.72 Å². The quantitative estimate of drug-likeness (QED) is 0.340.